The third-order valence-electron chi connectivity index (χ3n) is 5.28. The highest BCUT2D eigenvalue weighted by atomic mass is 16.6. The van der Waals surface area contributed by atoms with Crippen LogP contribution < -0.4 is 4.74 Å². The molecule has 1 amide bonds. The van der Waals surface area contributed by atoms with Gasteiger partial charge in [0.15, 0.2) is 0 Å². The number of amides is 1. The molecule has 3 aromatic rings. The number of fused-ring (bicyclic) bond motifs is 1. The van der Waals surface area contributed by atoms with Crippen molar-refractivity contribution in [2.24, 2.45) is 0 Å². The van der Waals surface area contributed by atoms with Crippen molar-refractivity contribution >= 4 is 11.6 Å². The van der Waals surface area contributed by atoms with E-state index < -0.39 is 5.60 Å². The Balaban J connectivity index is 1.47. The SMILES string of the molecule is CN(C(=O)OC(C)(C)C)C1CC(Oc2cc(-c3ccc(O)cc3)cn3cncc23)C1. The van der Waals surface area contributed by atoms with E-state index in [1.807, 2.05) is 49.6 Å². The summed E-state index contributed by atoms with van der Waals surface area (Å²) in [6.07, 6.45) is 6.72. The molecule has 0 radical (unpaired) electrons. The molecule has 4 rings (SSSR count). The van der Waals surface area contributed by atoms with E-state index in [-0.39, 0.29) is 24.0 Å². The summed E-state index contributed by atoms with van der Waals surface area (Å²) in [6.45, 7) is 5.59. The molecule has 1 aliphatic rings. The summed E-state index contributed by atoms with van der Waals surface area (Å²) in [5.41, 5.74) is 2.33. The molecule has 0 atom stereocenters. The molecule has 7 nitrogen and oxygen atoms in total. The van der Waals surface area contributed by atoms with Crippen LogP contribution in [0.15, 0.2) is 49.1 Å². The van der Waals surface area contributed by atoms with E-state index >= 15 is 0 Å². The largest absolute Gasteiger partial charge is 0.508 e. The third-order valence-corrected chi connectivity index (χ3v) is 5.28. The zero-order valence-corrected chi connectivity index (χ0v) is 17.7. The van der Waals surface area contributed by atoms with E-state index in [9.17, 15) is 9.90 Å². The Kier molecular flexibility index (Phi) is 5.05. The molecule has 7 heteroatoms. The standard InChI is InChI=1S/C23H27N3O4/c1-23(2,3)30-22(28)25(4)17-10-19(11-17)29-21-9-16(13-26-14-24-12-20(21)26)15-5-7-18(27)8-6-15/h5-9,12-14,17,19,27H,10-11H2,1-4H3. The summed E-state index contributed by atoms with van der Waals surface area (Å²) in [6, 6.07) is 9.16. The van der Waals surface area contributed by atoms with Crippen molar-refractivity contribution in [3.8, 4) is 22.6 Å². The molecule has 1 saturated carbocycles. The number of carbonyl (C=O) groups is 1. The minimum atomic E-state index is -0.507. The lowest BCUT2D eigenvalue weighted by atomic mass is 9.88. The van der Waals surface area contributed by atoms with E-state index in [1.54, 1.807) is 36.6 Å². The highest BCUT2D eigenvalue weighted by molar-refractivity contribution is 5.71. The first-order valence-electron chi connectivity index (χ1n) is 10.1. The van der Waals surface area contributed by atoms with Crippen molar-refractivity contribution in [1.29, 1.82) is 0 Å². The molecule has 0 unspecified atom stereocenters. The Bertz CT molecular complexity index is 1050. The summed E-state index contributed by atoms with van der Waals surface area (Å²) in [5, 5.41) is 9.55. The average Bonchev–Trinajstić information content (AvgIpc) is 3.11. The van der Waals surface area contributed by atoms with E-state index in [1.165, 1.54) is 0 Å². The maximum Gasteiger partial charge on any atom is 0.410 e. The smallest absolute Gasteiger partial charge is 0.410 e. The van der Waals surface area contributed by atoms with E-state index in [4.69, 9.17) is 9.47 Å². The first kappa shape index (κ1) is 20.1. The highest BCUT2D eigenvalue weighted by Crippen LogP contribution is 2.34. The summed E-state index contributed by atoms with van der Waals surface area (Å²) in [4.78, 5) is 18.2. The van der Waals surface area contributed by atoms with Gasteiger partial charge in [-0.15, -0.1) is 0 Å². The van der Waals surface area contributed by atoms with Gasteiger partial charge >= 0.3 is 6.09 Å². The molecule has 1 aromatic carbocycles. The average molecular weight is 409 g/mol. The van der Waals surface area contributed by atoms with Crippen LogP contribution in [0.25, 0.3) is 16.6 Å². The number of aromatic hydroxyl groups is 1. The number of rotatable bonds is 4. The van der Waals surface area contributed by atoms with E-state index in [2.05, 4.69) is 4.98 Å². The van der Waals surface area contributed by atoms with E-state index in [0.29, 0.717) is 0 Å². The maximum atomic E-state index is 12.3. The fourth-order valence-electron chi connectivity index (χ4n) is 3.52. The number of aromatic nitrogens is 2. The van der Waals surface area contributed by atoms with Gasteiger partial charge in [-0.05, 0) is 44.5 Å². The lowest BCUT2D eigenvalue weighted by Gasteiger charge is -2.41. The van der Waals surface area contributed by atoms with Crippen molar-refractivity contribution in [3.05, 3.63) is 49.1 Å². The van der Waals surface area contributed by atoms with Crippen molar-refractivity contribution in [2.45, 2.75) is 51.4 Å². The minimum Gasteiger partial charge on any atom is -0.508 e. The van der Waals surface area contributed by atoms with Crippen LogP contribution in [0.2, 0.25) is 0 Å². The number of phenolic OH excluding ortho intramolecular Hbond substituents is 1. The van der Waals surface area contributed by atoms with Gasteiger partial charge in [-0.2, -0.15) is 0 Å². The summed E-state index contributed by atoms with van der Waals surface area (Å²) >= 11 is 0. The minimum absolute atomic E-state index is 0.0219. The second-order valence-corrected chi connectivity index (χ2v) is 8.78. The Morgan fingerprint density at radius 2 is 1.90 bits per heavy atom. The number of hydrogen-bond acceptors (Lipinski definition) is 5. The molecule has 0 aliphatic heterocycles. The third kappa shape index (κ3) is 4.20. The van der Waals surface area contributed by atoms with Gasteiger partial charge in [-0.1, -0.05) is 12.1 Å². The molecule has 1 N–H and O–H groups in total. The van der Waals surface area contributed by atoms with Gasteiger partial charge in [-0.3, -0.25) is 0 Å². The van der Waals surface area contributed by atoms with Crippen LogP contribution in [0.1, 0.15) is 33.6 Å². The first-order chi connectivity index (χ1) is 14.2. The van der Waals surface area contributed by atoms with Crippen LogP contribution in [0, 0.1) is 0 Å². The van der Waals surface area contributed by atoms with Gasteiger partial charge in [0.05, 0.1) is 12.5 Å². The number of nitrogens with zero attached hydrogens (tertiary/aromatic N) is 3. The van der Waals surface area contributed by atoms with Gasteiger partial charge < -0.3 is 23.9 Å². The number of hydrogen-bond donors (Lipinski definition) is 1. The molecule has 0 saturated heterocycles. The van der Waals surface area contributed by atoms with Gasteiger partial charge in [0, 0.05) is 37.7 Å². The fourth-order valence-corrected chi connectivity index (χ4v) is 3.52. The van der Waals surface area contributed by atoms with Crippen LogP contribution in [0.4, 0.5) is 4.79 Å². The lowest BCUT2D eigenvalue weighted by molar-refractivity contribution is -0.00848. The Labute approximate surface area is 175 Å². The topological polar surface area (TPSA) is 76.3 Å². The van der Waals surface area contributed by atoms with Crippen LogP contribution >= 0.6 is 0 Å². The van der Waals surface area contributed by atoms with Crippen LogP contribution in [0.5, 0.6) is 11.5 Å². The van der Waals surface area contributed by atoms with Crippen molar-refractivity contribution < 1.29 is 19.4 Å². The molecule has 0 spiro atoms. The van der Waals surface area contributed by atoms with Gasteiger partial charge in [0.2, 0.25) is 0 Å². The normalized spacial score (nSPS) is 18.7. The van der Waals surface area contributed by atoms with Crippen molar-refractivity contribution in [3.63, 3.8) is 0 Å². The zero-order chi connectivity index (χ0) is 21.5. The number of benzene rings is 1. The summed E-state index contributed by atoms with van der Waals surface area (Å²) in [5.74, 6) is 0.981. The molecule has 1 fully saturated rings. The second-order valence-electron chi connectivity index (χ2n) is 8.78. The zero-order valence-electron chi connectivity index (χ0n) is 17.7. The van der Waals surface area contributed by atoms with Gasteiger partial charge in [0.25, 0.3) is 0 Å². The second kappa shape index (κ2) is 7.55. The quantitative estimate of drug-likeness (QED) is 0.687. The Morgan fingerprint density at radius 1 is 1.20 bits per heavy atom. The predicted octanol–water partition coefficient (Wildman–Crippen LogP) is 4.48. The molecule has 2 aromatic heterocycles. The first-order valence-corrected chi connectivity index (χ1v) is 10.1. The maximum absolute atomic E-state index is 12.3. The number of ether oxygens (including phenoxy) is 2. The van der Waals surface area contributed by atoms with Gasteiger partial charge in [0.1, 0.15) is 28.7 Å². The Morgan fingerprint density at radius 3 is 2.57 bits per heavy atom. The molecule has 2 heterocycles. The summed E-state index contributed by atoms with van der Waals surface area (Å²) < 4.78 is 13.7. The number of carbonyl (C=O) groups excluding carboxylic acids is 1. The molecule has 0 bridgehead atoms. The number of imidazole rings is 1. The predicted molar refractivity (Wildman–Crippen MR) is 114 cm³/mol. The van der Waals surface area contributed by atoms with Crippen LogP contribution in [0.3, 0.4) is 0 Å². The molecule has 1 aliphatic carbocycles. The summed E-state index contributed by atoms with van der Waals surface area (Å²) in [7, 11) is 1.77. The van der Waals surface area contributed by atoms with Crippen molar-refractivity contribution in [1.82, 2.24) is 14.3 Å². The fraction of sp³-hybridized carbons (Fsp3) is 0.391. The molecule has 158 valence electrons. The Hall–Kier alpha value is -3.22. The van der Waals surface area contributed by atoms with Crippen molar-refractivity contribution in [2.75, 3.05) is 7.05 Å². The van der Waals surface area contributed by atoms with E-state index in [0.717, 1.165) is 35.2 Å². The molecular weight excluding hydrogens is 382 g/mol. The van der Waals surface area contributed by atoms with Crippen LogP contribution in [-0.4, -0.2) is 50.3 Å². The highest BCUT2D eigenvalue weighted by Gasteiger charge is 2.37. The number of phenols is 1. The van der Waals surface area contributed by atoms with Gasteiger partial charge in [-0.25, -0.2) is 9.78 Å². The van der Waals surface area contributed by atoms with Crippen LogP contribution in [-0.2, 0) is 4.74 Å². The lowest BCUT2D eigenvalue weighted by Crippen LogP contribution is -2.51. The molecule has 30 heavy (non-hydrogen) atoms. The monoisotopic (exact) mass is 409 g/mol. The number of pyridine rings is 1. The molecular formula is C23H27N3O4.